The van der Waals surface area contributed by atoms with Gasteiger partial charge in [0.2, 0.25) is 0 Å². The highest BCUT2D eigenvalue weighted by molar-refractivity contribution is 5.88. The topological polar surface area (TPSA) is 61.2 Å². The number of esters is 1. The molecule has 5 heteroatoms. The molecule has 4 heterocycles. The number of ether oxygens (including phenoxy) is 1. The van der Waals surface area contributed by atoms with Crippen LogP contribution in [0.15, 0.2) is 35.1 Å². The van der Waals surface area contributed by atoms with Crippen molar-refractivity contribution < 1.29 is 9.53 Å². The van der Waals surface area contributed by atoms with E-state index in [1.54, 1.807) is 4.57 Å². The van der Waals surface area contributed by atoms with Crippen molar-refractivity contribution >= 4 is 16.9 Å². The number of aromatic nitrogens is 2. The molecule has 2 aliphatic rings. The molecule has 1 unspecified atom stereocenters. The van der Waals surface area contributed by atoms with E-state index in [1.807, 2.05) is 31.2 Å². The molecular weight excluding hydrogens is 328 g/mol. The van der Waals surface area contributed by atoms with E-state index in [0.717, 1.165) is 39.0 Å². The third-order valence-corrected chi connectivity index (χ3v) is 5.70. The smallest absolute Gasteiger partial charge is 0.313 e. The lowest BCUT2D eigenvalue weighted by Crippen LogP contribution is -2.32. The minimum absolute atomic E-state index is 0.0640. The summed E-state index contributed by atoms with van der Waals surface area (Å²) in [5.41, 5.74) is 6.18. The number of carbonyl (C=O) groups is 1. The lowest BCUT2D eigenvalue weighted by Gasteiger charge is -2.24. The Morgan fingerprint density at radius 3 is 2.85 bits per heavy atom. The van der Waals surface area contributed by atoms with Crippen molar-refractivity contribution in [3.8, 4) is 11.4 Å². The summed E-state index contributed by atoms with van der Waals surface area (Å²) in [6.45, 7) is 4.61. The number of pyridine rings is 2. The van der Waals surface area contributed by atoms with Crippen molar-refractivity contribution in [2.45, 2.75) is 39.3 Å². The fourth-order valence-corrected chi connectivity index (χ4v) is 4.25. The molecule has 5 rings (SSSR count). The summed E-state index contributed by atoms with van der Waals surface area (Å²) < 4.78 is 7.02. The maximum Gasteiger partial charge on any atom is 0.313 e. The molecule has 2 aliphatic heterocycles. The van der Waals surface area contributed by atoms with Crippen LogP contribution in [-0.2, 0) is 22.7 Å². The first-order valence-electron chi connectivity index (χ1n) is 8.92. The van der Waals surface area contributed by atoms with Gasteiger partial charge in [-0.15, -0.1) is 0 Å². The number of benzene rings is 1. The van der Waals surface area contributed by atoms with Crippen molar-refractivity contribution in [3.63, 3.8) is 0 Å². The molecule has 0 aliphatic carbocycles. The second-order valence-corrected chi connectivity index (χ2v) is 7.00. The van der Waals surface area contributed by atoms with Gasteiger partial charge in [0.05, 0.1) is 34.9 Å². The lowest BCUT2D eigenvalue weighted by molar-refractivity contribution is -0.148. The molecule has 2 aromatic heterocycles. The number of fused-ring (bicyclic) bond motifs is 5. The van der Waals surface area contributed by atoms with E-state index >= 15 is 0 Å². The average Bonchev–Trinajstić information content (AvgIpc) is 3.01. The average molecular weight is 346 g/mol. The van der Waals surface area contributed by atoms with Crippen molar-refractivity contribution in [1.29, 1.82) is 0 Å². The molecule has 5 nitrogen and oxygen atoms in total. The summed E-state index contributed by atoms with van der Waals surface area (Å²) in [5.74, 6) is -0.617. The van der Waals surface area contributed by atoms with Gasteiger partial charge in [0.25, 0.3) is 5.56 Å². The molecule has 130 valence electrons. The molecule has 0 spiro atoms. The molecule has 26 heavy (non-hydrogen) atoms. The Labute approximate surface area is 150 Å². The quantitative estimate of drug-likeness (QED) is 0.496. The van der Waals surface area contributed by atoms with Crippen molar-refractivity contribution in [2.75, 3.05) is 0 Å². The first kappa shape index (κ1) is 15.3. The molecule has 0 saturated carbocycles. The molecule has 0 saturated heterocycles. The molecule has 0 N–H and O–H groups in total. The van der Waals surface area contributed by atoms with Crippen LogP contribution >= 0.6 is 0 Å². The number of cyclic esters (lactones) is 1. The standard InChI is InChI=1S/C21H18N2O3/c1-3-12-14-8-18-19-15(11(2)13-6-4-5-7-17(13)22-19)9-23(18)20(24)16(14)10-26-21(12)25/h4-8,12H,3,9-10H2,1-2H3. The highest BCUT2D eigenvalue weighted by Crippen LogP contribution is 2.38. The SMILES string of the molecule is CCC1C(=O)OCc2c1cc1n(c2=O)Cc2c-1nc1ccccc1c2C. The third-order valence-electron chi connectivity index (χ3n) is 5.70. The van der Waals surface area contributed by atoms with Gasteiger partial charge in [-0.1, -0.05) is 25.1 Å². The Morgan fingerprint density at radius 2 is 2.04 bits per heavy atom. The Morgan fingerprint density at radius 1 is 1.23 bits per heavy atom. The number of nitrogens with zero attached hydrogens (tertiary/aromatic N) is 2. The summed E-state index contributed by atoms with van der Waals surface area (Å²) >= 11 is 0. The molecule has 0 bridgehead atoms. The van der Waals surface area contributed by atoms with E-state index in [1.165, 1.54) is 0 Å². The van der Waals surface area contributed by atoms with E-state index in [-0.39, 0.29) is 24.1 Å². The molecular formula is C21H18N2O3. The number of carbonyl (C=O) groups excluding carboxylic acids is 1. The lowest BCUT2D eigenvalue weighted by atomic mass is 9.90. The first-order valence-corrected chi connectivity index (χ1v) is 8.92. The summed E-state index contributed by atoms with van der Waals surface area (Å²) in [4.78, 5) is 30.1. The van der Waals surface area contributed by atoms with E-state index in [0.29, 0.717) is 18.5 Å². The van der Waals surface area contributed by atoms with Gasteiger partial charge in [-0.3, -0.25) is 9.59 Å². The van der Waals surface area contributed by atoms with Gasteiger partial charge in [-0.05, 0) is 36.6 Å². The zero-order chi connectivity index (χ0) is 18.0. The number of hydrogen-bond donors (Lipinski definition) is 0. The molecule has 0 amide bonds. The predicted octanol–water partition coefficient (Wildman–Crippen LogP) is 3.28. The van der Waals surface area contributed by atoms with Gasteiger partial charge in [-0.2, -0.15) is 0 Å². The predicted molar refractivity (Wildman–Crippen MR) is 98.1 cm³/mol. The normalized spacial score (nSPS) is 17.6. The van der Waals surface area contributed by atoms with Gasteiger partial charge in [0.1, 0.15) is 6.61 Å². The fourth-order valence-electron chi connectivity index (χ4n) is 4.25. The Bertz CT molecular complexity index is 1160. The van der Waals surface area contributed by atoms with E-state index in [9.17, 15) is 9.59 Å². The van der Waals surface area contributed by atoms with Gasteiger partial charge in [0.15, 0.2) is 0 Å². The second-order valence-electron chi connectivity index (χ2n) is 7.00. The molecule has 3 aromatic rings. The highest BCUT2D eigenvalue weighted by Gasteiger charge is 2.34. The molecule has 1 atom stereocenters. The summed E-state index contributed by atoms with van der Waals surface area (Å²) in [6.07, 6.45) is 0.617. The summed E-state index contributed by atoms with van der Waals surface area (Å²) in [7, 11) is 0. The number of rotatable bonds is 1. The van der Waals surface area contributed by atoms with Crippen LogP contribution in [0, 0.1) is 6.92 Å². The molecule has 1 aromatic carbocycles. The summed E-state index contributed by atoms with van der Waals surface area (Å²) in [5, 5.41) is 1.11. The van der Waals surface area contributed by atoms with E-state index in [4.69, 9.17) is 9.72 Å². The van der Waals surface area contributed by atoms with Crippen LogP contribution in [0.25, 0.3) is 22.3 Å². The number of aryl methyl sites for hydroxylation is 1. The Kier molecular flexibility index (Phi) is 3.11. The largest absolute Gasteiger partial charge is 0.460 e. The van der Waals surface area contributed by atoms with Crippen molar-refractivity contribution in [2.24, 2.45) is 0 Å². The van der Waals surface area contributed by atoms with Crippen molar-refractivity contribution in [1.82, 2.24) is 9.55 Å². The van der Waals surface area contributed by atoms with Gasteiger partial charge in [0, 0.05) is 10.9 Å². The van der Waals surface area contributed by atoms with Crippen LogP contribution in [-0.4, -0.2) is 15.5 Å². The van der Waals surface area contributed by atoms with Crippen LogP contribution in [0.2, 0.25) is 0 Å². The summed E-state index contributed by atoms with van der Waals surface area (Å²) in [6, 6.07) is 10.0. The second kappa shape index (κ2) is 5.27. The van der Waals surface area contributed by atoms with Gasteiger partial charge >= 0.3 is 5.97 Å². The van der Waals surface area contributed by atoms with E-state index in [2.05, 4.69) is 13.0 Å². The number of para-hydroxylation sites is 1. The van der Waals surface area contributed by atoms with Gasteiger partial charge < -0.3 is 9.30 Å². The van der Waals surface area contributed by atoms with Crippen LogP contribution in [0.5, 0.6) is 0 Å². The third kappa shape index (κ3) is 1.88. The molecule has 0 fully saturated rings. The fraction of sp³-hybridized carbons (Fsp3) is 0.286. The van der Waals surface area contributed by atoms with Crippen LogP contribution in [0.1, 0.15) is 41.5 Å². The maximum atomic E-state index is 13.1. The first-order chi connectivity index (χ1) is 12.6. The van der Waals surface area contributed by atoms with Gasteiger partial charge in [-0.25, -0.2) is 4.98 Å². The zero-order valence-corrected chi connectivity index (χ0v) is 14.7. The van der Waals surface area contributed by atoms with E-state index < -0.39 is 0 Å². The Balaban J connectivity index is 1.82. The van der Waals surface area contributed by atoms with Crippen LogP contribution in [0.3, 0.4) is 0 Å². The highest BCUT2D eigenvalue weighted by atomic mass is 16.5. The van der Waals surface area contributed by atoms with Crippen LogP contribution < -0.4 is 5.56 Å². The van der Waals surface area contributed by atoms with Crippen molar-refractivity contribution in [3.05, 3.63) is 62.9 Å². The number of hydrogen-bond acceptors (Lipinski definition) is 4. The monoisotopic (exact) mass is 346 g/mol. The minimum atomic E-state index is -0.372. The molecule has 0 radical (unpaired) electrons. The Hall–Kier alpha value is -2.95. The zero-order valence-electron chi connectivity index (χ0n) is 14.7. The minimum Gasteiger partial charge on any atom is -0.460 e. The maximum absolute atomic E-state index is 13.1. The van der Waals surface area contributed by atoms with Crippen LogP contribution in [0.4, 0.5) is 0 Å².